The zero-order valence-electron chi connectivity index (χ0n) is 13.7. The molecule has 2 unspecified atom stereocenters. The van der Waals surface area contributed by atoms with E-state index in [4.69, 9.17) is 5.73 Å². The number of nitrogens with two attached hydrogens (primary N) is 1. The molecule has 0 saturated heterocycles. The van der Waals surface area contributed by atoms with Crippen LogP contribution in [0.5, 0.6) is 0 Å². The molecule has 0 radical (unpaired) electrons. The Kier molecular flexibility index (Phi) is 5.96. The lowest BCUT2D eigenvalue weighted by atomic mass is 10.0. The maximum Gasteiger partial charge on any atom is 0.274 e. The summed E-state index contributed by atoms with van der Waals surface area (Å²) in [6.45, 7) is 0.603. The Morgan fingerprint density at radius 1 is 1.33 bits per heavy atom. The maximum absolute atomic E-state index is 12.4. The lowest BCUT2D eigenvalue weighted by molar-refractivity contribution is -0.121. The van der Waals surface area contributed by atoms with Crippen LogP contribution in [0, 0.1) is 5.92 Å². The first-order valence-electron chi connectivity index (χ1n) is 8.04. The van der Waals surface area contributed by atoms with E-state index in [9.17, 15) is 9.59 Å². The zero-order chi connectivity index (χ0) is 16.4. The molecule has 3 rings (SSSR count). The van der Waals surface area contributed by atoms with Crippen LogP contribution in [0.2, 0.25) is 0 Å². The number of halogens is 1. The summed E-state index contributed by atoms with van der Waals surface area (Å²) in [5.41, 5.74) is 6.24. The van der Waals surface area contributed by atoms with E-state index in [1.165, 1.54) is 4.68 Å². The fraction of sp³-hybridized carbons (Fsp3) is 0.471. The van der Waals surface area contributed by atoms with Crippen LogP contribution < -0.4 is 16.6 Å². The Morgan fingerprint density at radius 2 is 2.04 bits per heavy atom. The van der Waals surface area contributed by atoms with E-state index < -0.39 is 0 Å². The van der Waals surface area contributed by atoms with Crippen molar-refractivity contribution < 1.29 is 4.79 Å². The van der Waals surface area contributed by atoms with Gasteiger partial charge in [0.2, 0.25) is 5.91 Å². The highest BCUT2D eigenvalue weighted by atomic mass is 35.5. The number of nitrogens with zero attached hydrogens (tertiary/aromatic N) is 2. The maximum atomic E-state index is 12.4. The molecule has 2 atom stereocenters. The number of rotatable bonds is 4. The molecule has 6 nitrogen and oxygen atoms in total. The van der Waals surface area contributed by atoms with Gasteiger partial charge in [0.15, 0.2) is 0 Å². The third kappa shape index (κ3) is 3.60. The second kappa shape index (κ2) is 7.77. The number of carbonyl (C=O) groups excluding carboxylic acids is 1. The average Bonchev–Trinajstić information content (AvgIpc) is 2.99. The van der Waals surface area contributed by atoms with Gasteiger partial charge in [-0.2, -0.15) is 5.10 Å². The number of benzene rings is 1. The normalized spacial score (nSPS) is 19.9. The van der Waals surface area contributed by atoms with E-state index >= 15 is 0 Å². The number of carbonyl (C=O) groups is 1. The highest BCUT2D eigenvalue weighted by molar-refractivity contribution is 5.88. The fourth-order valence-corrected chi connectivity index (χ4v) is 3.43. The molecule has 1 aliphatic carbocycles. The lowest BCUT2D eigenvalue weighted by Gasteiger charge is -2.19. The molecule has 2 aromatic rings. The monoisotopic (exact) mass is 350 g/mol. The van der Waals surface area contributed by atoms with Crippen LogP contribution in [0.15, 0.2) is 29.1 Å². The van der Waals surface area contributed by atoms with Crippen LogP contribution >= 0.6 is 12.4 Å². The highest BCUT2D eigenvalue weighted by Crippen LogP contribution is 2.24. The molecule has 1 aliphatic rings. The standard InChI is InChI=1S/C17H22N4O2.ClH/c1-21-17(23)13-7-3-2-6-12(13)15(20-21)9-16(22)19-14-8-4-5-11(14)10-18;/h2-3,6-7,11,14H,4-5,8-10,18H2,1H3,(H,19,22);1H. The summed E-state index contributed by atoms with van der Waals surface area (Å²) in [4.78, 5) is 24.5. The van der Waals surface area contributed by atoms with Crippen LogP contribution in [-0.4, -0.2) is 28.3 Å². The summed E-state index contributed by atoms with van der Waals surface area (Å²) in [6, 6.07) is 7.43. The molecular weight excluding hydrogens is 328 g/mol. The number of amides is 1. The quantitative estimate of drug-likeness (QED) is 0.865. The second-order valence-corrected chi connectivity index (χ2v) is 6.20. The predicted molar refractivity (Wildman–Crippen MR) is 96.3 cm³/mol. The summed E-state index contributed by atoms with van der Waals surface area (Å²) in [5, 5.41) is 8.69. The first-order chi connectivity index (χ1) is 11.1. The lowest BCUT2D eigenvalue weighted by Crippen LogP contribution is -2.40. The van der Waals surface area contributed by atoms with Gasteiger partial charge in [0, 0.05) is 18.5 Å². The molecule has 0 spiro atoms. The van der Waals surface area contributed by atoms with Gasteiger partial charge in [-0.05, 0) is 31.4 Å². The molecule has 1 heterocycles. The Bertz CT molecular complexity index is 790. The van der Waals surface area contributed by atoms with Crippen LogP contribution in [0.4, 0.5) is 0 Å². The van der Waals surface area contributed by atoms with Crippen molar-refractivity contribution in [3.8, 4) is 0 Å². The molecule has 7 heteroatoms. The number of aromatic nitrogens is 2. The number of fused-ring (bicyclic) bond motifs is 1. The van der Waals surface area contributed by atoms with Crippen molar-refractivity contribution in [1.29, 1.82) is 0 Å². The molecule has 130 valence electrons. The Hall–Kier alpha value is -1.92. The Balaban J connectivity index is 0.00000208. The topological polar surface area (TPSA) is 90.0 Å². The summed E-state index contributed by atoms with van der Waals surface area (Å²) in [5.74, 6) is 0.301. The van der Waals surface area contributed by atoms with Crippen molar-refractivity contribution in [1.82, 2.24) is 15.1 Å². The van der Waals surface area contributed by atoms with Crippen LogP contribution in [-0.2, 0) is 18.3 Å². The average molecular weight is 351 g/mol. The van der Waals surface area contributed by atoms with Gasteiger partial charge in [-0.25, -0.2) is 4.68 Å². The summed E-state index contributed by atoms with van der Waals surface area (Å²) in [7, 11) is 1.61. The summed E-state index contributed by atoms with van der Waals surface area (Å²) in [6.07, 6.45) is 3.33. The molecule has 1 saturated carbocycles. The van der Waals surface area contributed by atoms with E-state index in [0.29, 0.717) is 23.5 Å². The van der Waals surface area contributed by atoms with Gasteiger partial charge >= 0.3 is 0 Å². The number of hydrogen-bond donors (Lipinski definition) is 2. The molecule has 1 fully saturated rings. The van der Waals surface area contributed by atoms with Crippen molar-refractivity contribution in [2.24, 2.45) is 18.7 Å². The van der Waals surface area contributed by atoms with Crippen LogP contribution in [0.25, 0.3) is 10.8 Å². The SMILES string of the molecule is Cl.Cn1nc(CC(=O)NC2CCCC2CN)c2ccccc2c1=O. The van der Waals surface area contributed by atoms with E-state index in [-0.39, 0.29) is 36.3 Å². The van der Waals surface area contributed by atoms with Crippen molar-refractivity contribution >= 4 is 29.1 Å². The summed E-state index contributed by atoms with van der Waals surface area (Å²) < 4.78 is 1.29. The predicted octanol–water partition coefficient (Wildman–Crippen LogP) is 1.14. The number of hydrogen-bond acceptors (Lipinski definition) is 4. The first kappa shape index (κ1) is 18.4. The van der Waals surface area contributed by atoms with Gasteiger partial charge in [-0.1, -0.05) is 24.6 Å². The van der Waals surface area contributed by atoms with E-state index in [1.807, 2.05) is 18.2 Å². The second-order valence-electron chi connectivity index (χ2n) is 6.20. The molecule has 24 heavy (non-hydrogen) atoms. The minimum Gasteiger partial charge on any atom is -0.353 e. The molecule has 1 aromatic heterocycles. The van der Waals surface area contributed by atoms with Gasteiger partial charge in [-0.15, -0.1) is 12.4 Å². The minimum atomic E-state index is -0.149. The van der Waals surface area contributed by atoms with E-state index in [2.05, 4.69) is 10.4 Å². The molecule has 0 aliphatic heterocycles. The minimum absolute atomic E-state index is 0. The molecule has 1 amide bonds. The molecule has 3 N–H and O–H groups in total. The van der Waals surface area contributed by atoms with Crippen molar-refractivity contribution in [3.63, 3.8) is 0 Å². The molecule has 1 aromatic carbocycles. The third-order valence-corrected chi connectivity index (χ3v) is 4.67. The largest absolute Gasteiger partial charge is 0.353 e. The van der Waals surface area contributed by atoms with Gasteiger partial charge in [0.1, 0.15) is 0 Å². The van der Waals surface area contributed by atoms with Gasteiger partial charge in [0.25, 0.3) is 5.56 Å². The first-order valence-corrected chi connectivity index (χ1v) is 8.04. The zero-order valence-corrected chi connectivity index (χ0v) is 14.5. The Labute approximate surface area is 146 Å². The Morgan fingerprint density at radius 3 is 2.75 bits per heavy atom. The third-order valence-electron chi connectivity index (χ3n) is 4.67. The van der Waals surface area contributed by atoms with Crippen molar-refractivity contribution in [2.45, 2.75) is 31.7 Å². The van der Waals surface area contributed by atoms with Gasteiger partial charge in [0.05, 0.1) is 17.5 Å². The number of aryl methyl sites for hydroxylation is 1. The van der Waals surface area contributed by atoms with Crippen molar-refractivity contribution in [3.05, 3.63) is 40.3 Å². The molecule has 0 bridgehead atoms. The van der Waals surface area contributed by atoms with Crippen LogP contribution in [0.1, 0.15) is 25.0 Å². The molecular formula is C17H23ClN4O2. The highest BCUT2D eigenvalue weighted by Gasteiger charge is 2.27. The smallest absolute Gasteiger partial charge is 0.274 e. The fourth-order valence-electron chi connectivity index (χ4n) is 3.43. The van der Waals surface area contributed by atoms with Gasteiger partial charge < -0.3 is 11.1 Å². The van der Waals surface area contributed by atoms with Crippen molar-refractivity contribution in [2.75, 3.05) is 6.54 Å². The number of nitrogens with one attached hydrogen (secondary N) is 1. The van der Waals surface area contributed by atoms with E-state index in [1.54, 1.807) is 13.1 Å². The summed E-state index contributed by atoms with van der Waals surface area (Å²) >= 11 is 0. The van der Waals surface area contributed by atoms with Crippen LogP contribution in [0.3, 0.4) is 0 Å². The van der Waals surface area contributed by atoms with E-state index in [0.717, 1.165) is 24.6 Å². The van der Waals surface area contributed by atoms with Gasteiger partial charge in [-0.3, -0.25) is 9.59 Å².